The minimum Gasteiger partial charge on any atom is -0.462 e. The molecule has 2 aliphatic heterocycles. The van der Waals surface area contributed by atoms with Crippen LogP contribution in [0.1, 0.15) is 57.8 Å². The second-order valence-corrected chi connectivity index (χ2v) is 13.0. The Morgan fingerprint density at radius 2 is 1.93 bits per heavy atom. The number of pyridine rings is 1. The second kappa shape index (κ2) is 12.9. The number of aliphatic hydroxyl groups is 1. The number of anilines is 1. The first kappa shape index (κ1) is 31.6. The average Bonchev–Trinajstić information content (AvgIpc) is 3.61. The van der Waals surface area contributed by atoms with Crippen molar-refractivity contribution in [2.75, 3.05) is 23.7 Å². The number of aromatic nitrogens is 3. The van der Waals surface area contributed by atoms with Crippen LogP contribution in [0.4, 0.5) is 19.0 Å². The van der Waals surface area contributed by atoms with Crippen LogP contribution in [-0.2, 0) is 5.67 Å². The lowest BCUT2D eigenvalue weighted by Gasteiger charge is -2.43. The van der Waals surface area contributed by atoms with Gasteiger partial charge in [0.15, 0.2) is 17.2 Å². The summed E-state index contributed by atoms with van der Waals surface area (Å²) >= 11 is 7.63. The van der Waals surface area contributed by atoms with Crippen molar-refractivity contribution in [2.24, 2.45) is 5.92 Å². The predicted octanol–water partition coefficient (Wildman–Crippen LogP) is 7.61. The molecule has 2 atom stereocenters. The highest BCUT2D eigenvalue weighted by Crippen LogP contribution is 2.50. The Bertz CT molecular complexity index is 1650. The van der Waals surface area contributed by atoms with Gasteiger partial charge in [-0.15, -0.1) is 0 Å². The Morgan fingerprint density at radius 3 is 2.60 bits per heavy atom. The maximum Gasteiger partial charge on any atom is 0.297 e. The summed E-state index contributed by atoms with van der Waals surface area (Å²) in [5, 5.41) is 8.21. The van der Waals surface area contributed by atoms with E-state index in [-0.39, 0.29) is 21.8 Å². The van der Waals surface area contributed by atoms with Gasteiger partial charge in [-0.1, -0.05) is 50.9 Å². The molecule has 2 fully saturated rings. The smallest absolute Gasteiger partial charge is 0.297 e. The molecular formula is C30H32ClF3N4O3S. The molecule has 12 heteroatoms. The summed E-state index contributed by atoms with van der Waals surface area (Å²) in [6, 6.07) is 8.80. The maximum atomic E-state index is 15.3. The fourth-order valence-electron chi connectivity index (χ4n) is 5.29. The van der Waals surface area contributed by atoms with Crippen molar-refractivity contribution in [2.45, 2.75) is 56.9 Å². The predicted molar refractivity (Wildman–Crippen MR) is 162 cm³/mol. The molecule has 2 aliphatic rings. The molecular weight excluding hydrogens is 589 g/mol. The van der Waals surface area contributed by atoms with Crippen molar-refractivity contribution in [1.82, 2.24) is 15.0 Å². The molecule has 0 radical (unpaired) electrons. The number of furan rings is 1. The van der Waals surface area contributed by atoms with Gasteiger partial charge >= 0.3 is 0 Å². The van der Waals surface area contributed by atoms with Crippen molar-refractivity contribution < 1.29 is 22.7 Å². The molecule has 1 aromatic carbocycles. The van der Waals surface area contributed by atoms with Crippen LogP contribution in [0.15, 0.2) is 45.7 Å². The van der Waals surface area contributed by atoms with Crippen LogP contribution >= 0.6 is 23.4 Å². The highest BCUT2D eigenvalue weighted by atomic mass is 35.5. The summed E-state index contributed by atoms with van der Waals surface area (Å²) < 4.78 is 47.2. The second-order valence-electron chi connectivity index (χ2n) is 10.9. The minimum absolute atomic E-state index is 0.163. The van der Waals surface area contributed by atoms with Gasteiger partial charge in [0, 0.05) is 41.8 Å². The number of fused-ring (bicyclic) bond motifs is 3. The van der Waals surface area contributed by atoms with E-state index in [2.05, 4.69) is 21.4 Å². The number of hydrogen-bond donors (Lipinski definition) is 2. The molecule has 0 amide bonds. The first-order valence-electron chi connectivity index (χ1n) is 13.4. The first-order valence-corrected chi connectivity index (χ1v) is 14.8. The molecule has 0 spiro atoms. The lowest BCUT2D eigenvalue weighted by Crippen LogP contribution is -2.44. The van der Waals surface area contributed by atoms with E-state index in [1.807, 2.05) is 49.9 Å². The molecule has 0 saturated carbocycles. The van der Waals surface area contributed by atoms with Gasteiger partial charge in [-0.05, 0) is 36.8 Å². The van der Waals surface area contributed by atoms with Gasteiger partial charge in [0.05, 0.1) is 10.6 Å². The van der Waals surface area contributed by atoms with Crippen LogP contribution in [0.3, 0.4) is 0 Å². The van der Waals surface area contributed by atoms with Crippen molar-refractivity contribution in [3.05, 3.63) is 63.3 Å². The van der Waals surface area contributed by atoms with Crippen LogP contribution in [0.2, 0.25) is 5.02 Å². The van der Waals surface area contributed by atoms with E-state index >= 15 is 4.39 Å². The number of alkyl halides is 3. The third-order valence-corrected chi connectivity index (χ3v) is 9.13. The number of nitrogens with zero attached hydrogens (tertiary/aromatic N) is 3. The van der Waals surface area contributed by atoms with Crippen LogP contribution in [0, 0.1) is 18.4 Å². The molecule has 0 aliphatic carbocycles. The molecule has 2 saturated heterocycles. The highest BCUT2D eigenvalue weighted by molar-refractivity contribution is 8.00. The molecule has 42 heavy (non-hydrogen) atoms. The highest BCUT2D eigenvalue weighted by Gasteiger charge is 2.48. The van der Waals surface area contributed by atoms with E-state index in [1.165, 1.54) is 18.4 Å². The van der Waals surface area contributed by atoms with Gasteiger partial charge in [-0.3, -0.25) is 4.79 Å². The van der Waals surface area contributed by atoms with Crippen LogP contribution in [-0.4, -0.2) is 43.6 Å². The zero-order valence-electron chi connectivity index (χ0n) is 23.5. The molecule has 5 heterocycles. The van der Waals surface area contributed by atoms with E-state index in [4.69, 9.17) is 21.1 Å². The number of para-hydroxylation sites is 1. The normalized spacial score (nSPS) is 21.4. The molecule has 7 nitrogen and oxygen atoms in total. The molecule has 0 bridgehead atoms. The van der Waals surface area contributed by atoms with Crippen molar-refractivity contribution in [3.8, 4) is 12.5 Å². The van der Waals surface area contributed by atoms with E-state index in [0.29, 0.717) is 39.7 Å². The Labute approximate surface area is 250 Å². The fraction of sp³-hybridized carbons (Fsp3) is 0.433. The number of thioether (sulfide) groups is 1. The summed E-state index contributed by atoms with van der Waals surface area (Å²) in [7, 11) is 0. The van der Waals surface area contributed by atoms with E-state index in [1.54, 1.807) is 11.8 Å². The number of benzene rings is 1. The Kier molecular flexibility index (Phi) is 9.68. The molecule has 4 aromatic rings. The summed E-state index contributed by atoms with van der Waals surface area (Å²) in [5.41, 5.74) is -0.200. The quantitative estimate of drug-likeness (QED) is 0.228. The summed E-state index contributed by atoms with van der Waals surface area (Å²) in [5.74, 6) is 0.560. The maximum absolute atomic E-state index is 15.3. The monoisotopic (exact) mass is 620 g/mol. The van der Waals surface area contributed by atoms with Gasteiger partial charge < -0.3 is 19.4 Å². The van der Waals surface area contributed by atoms with Gasteiger partial charge in [-0.2, -0.15) is 11.8 Å². The summed E-state index contributed by atoms with van der Waals surface area (Å²) in [4.78, 5) is 24.4. The van der Waals surface area contributed by atoms with Gasteiger partial charge in [-0.25, -0.2) is 23.1 Å². The third-order valence-electron chi connectivity index (χ3n) is 7.32. The van der Waals surface area contributed by atoms with Crippen LogP contribution in [0.5, 0.6) is 0 Å². The summed E-state index contributed by atoms with van der Waals surface area (Å²) in [6.07, 6.45) is 6.51. The first-order chi connectivity index (χ1) is 19.9. The Balaban J connectivity index is 0.000000179. The lowest BCUT2D eigenvalue weighted by atomic mass is 9.78. The van der Waals surface area contributed by atoms with E-state index < -0.39 is 17.9 Å². The van der Waals surface area contributed by atoms with Gasteiger partial charge in [0.25, 0.3) is 12.0 Å². The number of rotatable bonds is 3. The average molecular weight is 621 g/mol. The number of terminal acetylenes is 1. The number of nitrogens with one attached hydrogen (secondary N) is 1. The summed E-state index contributed by atoms with van der Waals surface area (Å²) in [6.45, 7) is 7.49. The van der Waals surface area contributed by atoms with Crippen LogP contribution < -0.4 is 10.5 Å². The minimum atomic E-state index is -2.69. The number of aliphatic hydroxyl groups excluding tert-OH is 1. The standard InChI is InChI=1S/C15H13F2N3O.C13H17ClFNOS.C2H2O/c16-13(17)14-18-11-9-5-1-2-6-10(9)21-12(11)15(19-14)20-7-3-4-8-20;1-8-6-18-12(2,3)7-13(8,15)10-4-9(14)5-16-11(10)17;1-2-3/h1-2,5-6,13H,3-4,7-8H2;4-5,8H,6-7H2,1-3H3,(H,16,17);1,3H/t;8-,13+;/m.0./s1. The molecule has 6 rings (SSSR count). The molecule has 0 unspecified atom stereocenters. The Hall–Kier alpha value is -3.36. The van der Waals surface area contributed by atoms with Crippen molar-refractivity contribution in [3.63, 3.8) is 0 Å². The third kappa shape index (κ3) is 6.65. The number of hydrogen-bond acceptors (Lipinski definition) is 7. The van der Waals surface area contributed by atoms with Gasteiger partial charge in [0.1, 0.15) is 22.9 Å². The number of H-pyrrole nitrogens is 1. The van der Waals surface area contributed by atoms with Crippen molar-refractivity contribution in [1.29, 1.82) is 0 Å². The fourth-order valence-corrected chi connectivity index (χ4v) is 6.73. The number of halogens is 4. The largest absolute Gasteiger partial charge is 0.462 e. The molecule has 224 valence electrons. The SMILES string of the molecule is C#CO.C[C@H]1CSC(C)(C)C[C@]1(F)c1cc(Cl)c[nH]c1=O.FC(F)c1nc(N2CCCC2)c2oc3ccccc3c2n1. The molecule has 3 aromatic heterocycles. The number of aromatic amines is 1. The van der Waals surface area contributed by atoms with Crippen LogP contribution in [0.25, 0.3) is 22.1 Å². The Morgan fingerprint density at radius 1 is 1.26 bits per heavy atom. The zero-order valence-corrected chi connectivity index (χ0v) is 25.0. The lowest BCUT2D eigenvalue weighted by molar-refractivity contribution is 0.0709. The van der Waals surface area contributed by atoms with E-state index in [0.717, 1.165) is 31.3 Å². The van der Waals surface area contributed by atoms with Gasteiger partial charge in [0.2, 0.25) is 0 Å². The van der Waals surface area contributed by atoms with Crippen molar-refractivity contribution >= 4 is 51.2 Å². The molecule has 2 N–H and O–H groups in total. The van der Waals surface area contributed by atoms with E-state index in [9.17, 15) is 13.6 Å². The topological polar surface area (TPSA) is 95.2 Å². The zero-order chi connectivity index (χ0) is 30.7.